The van der Waals surface area contributed by atoms with E-state index in [4.69, 9.17) is 16.3 Å². The summed E-state index contributed by atoms with van der Waals surface area (Å²) >= 11 is 5.11. The molecule has 3 N–H and O–H groups in total. The zero-order valence-corrected chi connectivity index (χ0v) is 37.4. The van der Waals surface area contributed by atoms with Crippen LogP contribution in [-0.2, 0) is 36.8 Å². The van der Waals surface area contributed by atoms with E-state index < -0.39 is 16.5 Å². The zero-order chi connectivity index (χ0) is 44.1. The summed E-state index contributed by atoms with van der Waals surface area (Å²) in [5.74, 6) is -0.354. The molecule has 59 heavy (non-hydrogen) atoms. The average Bonchev–Trinajstić information content (AvgIpc) is 3.56. The van der Waals surface area contributed by atoms with E-state index in [1.807, 2.05) is 39.8 Å². The molecule has 2 saturated carbocycles. The molecule has 2 spiro atoms. The number of halogens is 1. The number of aryl methyl sites for hydroxylation is 4. The van der Waals surface area contributed by atoms with Gasteiger partial charge in [0, 0.05) is 27.7 Å². The Morgan fingerprint density at radius 3 is 1.47 bits per heavy atom. The molecule has 10 nitrogen and oxygen atoms in total. The third kappa shape index (κ3) is 10.2. The van der Waals surface area contributed by atoms with Gasteiger partial charge in [0.05, 0.1) is 27.6 Å². The van der Waals surface area contributed by atoms with Crippen molar-refractivity contribution in [3.63, 3.8) is 0 Å². The first-order valence-electron chi connectivity index (χ1n) is 21.0. The van der Waals surface area contributed by atoms with Crippen molar-refractivity contribution in [2.75, 3.05) is 0 Å². The van der Waals surface area contributed by atoms with Crippen molar-refractivity contribution in [3.05, 3.63) is 80.3 Å². The quantitative estimate of drug-likeness (QED) is 0.142. The number of ether oxygens (including phenoxy) is 1. The van der Waals surface area contributed by atoms with Gasteiger partial charge in [-0.05, 0) is 108 Å². The summed E-state index contributed by atoms with van der Waals surface area (Å²) in [5.41, 5.74) is 4.22. The van der Waals surface area contributed by atoms with Crippen LogP contribution < -0.4 is 10.6 Å². The van der Waals surface area contributed by atoms with Crippen LogP contribution >= 0.6 is 11.6 Å². The molecule has 0 bridgehead atoms. The zero-order valence-electron chi connectivity index (χ0n) is 36.6. The van der Waals surface area contributed by atoms with Gasteiger partial charge in [-0.25, -0.2) is 0 Å². The van der Waals surface area contributed by atoms with Crippen LogP contribution in [0, 0.1) is 24.7 Å². The van der Waals surface area contributed by atoms with Gasteiger partial charge in [-0.2, -0.15) is 0 Å². The van der Waals surface area contributed by atoms with Crippen molar-refractivity contribution in [1.29, 1.82) is 0 Å². The van der Waals surface area contributed by atoms with Gasteiger partial charge in [0.2, 0.25) is 5.24 Å². The minimum absolute atomic E-state index is 0.129. The van der Waals surface area contributed by atoms with Crippen LogP contribution in [0.25, 0.3) is 11.1 Å². The molecular weight excluding hydrogens is 768 g/mol. The van der Waals surface area contributed by atoms with Crippen LogP contribution in [0.4, 0.5) is 0 Å². The molecular formula is C48H63ClN2O8. The number of aliphatic hydroxyl groups is 1. The SMILES string of the molecule is CC(C)(C)C(=O)Cl.CCc1cc(C)cc(C=O)c1C1=C(O)C2(CCCCC2)NC1=O.CCc1cc(C)cc(C=O)c1C1=C(OC(=O)C(C)(C)C)C2(CCCCC2)NC1=O. The van der Waals surface area contributed by atoms with E-state index in [9.17, 15) is 33.9 Å². The molecule has 2 heterocycles. The Balaban J connectivity index is 0.000000229. The fraction of sp³-hybridized carbons (Fsp3) is 0.542. The fourth-order valence-corrected chi connectivity index (χ4v) is 8.38. The number of hydrogen-bond acceptors (Lipinski definition) is 8. The van der Waals surface area contributed by atoms with Crippen LogP contribution in [0.15, 0.2) is 35.8 Å². The van der Waals surface area contributed by atoms with Gasteiger partial charge in [-0.3, -0.25) is 28.8 Å². The standard InChI is InChI=1S/C24H31NO4.C19H23NO3.C5H9ClO/c1-6-16-12-15(2)13-17(14-26)18(16)19-20(29-22(28)23(3,4)5)24(25-21(19)27)10-8-7-9-11-24;1-3-13-9-12(2)10-14(11-21)15(13)16-17(22)19(20-18(16)23)7-5-4-6-8-19;1-5(2,3)4(6)7/h12-14H,6-11H2,1-5H3,(H,25,27);9-11,22H,3-8H2,1-2H3,(H,20,23);1-3H3. The van der Waals surface area contributed by atoms with Gasteiger partial charge in [0.1, 0.15) is 11.5 Å². The van der Waals surface area contributed by atoms with E-state index in [1.165, 1.54) is 0 Å². The van der Waals surface area contributed by atoms with Gasteiger partial charge in [-0.15, -0.1) is 0 Å². The minimum Gasteiger partial charge on any atom is -0.509 e. The first-order chi connectivity index (χ1) is 27.6. The second-order valence-electron chi connectivity index (χ2n) is 18.5. The Labute approximate surface area is 355 Å². The number of amides is 2. The van der Waals surface area contributed by atoms with Gasteiger partial charge in [-0.1, -0.05) is 96.4 Å². The normalized spacial score (nSPS) is 18.4. The van der Waals surface area contributed by atoms with Gasteiger partial charge in [0.25, 0.3) is 11.8 Å². The van der Waals surface area contributed by atoms with E-state index in [2.05, 4.69) is 10.6 Å². The summed E-state index contributed by atoms with van der Waals surface area (Å²) < 4.78 is 5.98. The smallest absolute Gasteiger partial charge is 0.316 e. The Morgan fingerprint density at radius 1 is 0.695 bits per heavy atom. The van der Waals surface area contributed by atoms with Crippen molar-refractivity contribution in [1.82, 2.24) is 10.6 Å². The van der Waals surface area contributed by atoms with Gasteiger partial charge < -0.3 is 20.5 Å². The molecule has 2 amide bonds. The van der Waals surface area contributed by atoms with E-state index >= 15 is 0 Å². The molecule has 2 fully saturated rings. The first-order valence-corrected chi connectivity index (χ1v) is 21.4. The maximum atomic E-state index is 13.2. The third-order valence-corrected chi connectivity index (χ3v) is 12.2. The summed E-state index contributed by atoms with van der Waals surface area (Å²) in [6, 6.07) is 7.55. The predicted octanol–water partition coefficient (Wildman–Crippen LogP) is 9.77. The highest BCUT2D eigenvalue weighted by molar-refractivity contribution is 6.64. The maximum absolute atomic E-state index is 13.2. The first kappa shape index (κ1) is 47.1. The van der Waals surface area contributed by atoms with Crippen LogP contribution in [0.3, 0.4) is 0 Å². The second-order valence-corrected chi connectivity index (χ2v) is 18.8. The van der Waals surface area contributed by atoms with Crippen LogP contribution in [0.2, 0.25) is 0 Å². The molecule has 4 aliphatic rings. The lowest BCUT2D eigenvalue weighted by Gasteiger charge is -2.35. The highest BCUT2D eigenvalue weighted by Crippen LogP contribution is 2.46. The minimum atomic E-state index is -0.700. The Hall–Kier alpha value is -4.57. The molecule has 0 unspecified atom stereocenters. The molecule has 2 aromatic rings. The topological polar surface area (TPSA) is 156 Å². The molecule has 6 rings (SSSR count). The Kier molecular flexibility index (Phi) is 15.0. The number of carbonyl (C=O) groups is 6. The molecule has 2 aromatic carbocycles. The van der Waals surface area contributed by atoms with E-state index in [0.717, 1.165) is 99.0 Å². The van der Waals surface area contributed by atoms with Crippen LogP contribution in [0.1, 0.15) is 174 Å². The van der Waals surface area contributed by atoms with E-state index in [0.29, 0.717) is 52.0 Å². The van der Waals surface area contributed by atoms with Crippen molar-refractivity contribution in [3.8, 4) is 0 Å². The van der Waals surface area contributed by atoms with Gasteiger partial charge in [0.15, 0.2) is 12.6 Å². The molecule has 2 aliphatic carbocycles. The summed E-state index contributed by atoms with van der Waals surface area (Å²) in [5, 5.41) is 16.7. The van der Waals surface area contributed by atoms with Crippen LogP contribution in [-0.4, -0.2) is 51.8 Å². The fourth-order valence-electron chi connectivity index (χ4n) is 8.38. The average molecular weight is 831 g/mol. The Morgan fingerprint density at radius 2 is 1.08 bits per heavy atom. The summed E-state index contributed by atoms with van der Waals surface area (Å²) in [7, 11) is 0. The monoisotopic (exact) mass is 830 g/mol. The highest BCUT2D eigenvalue weighted by Gasteiger charge is 2.50. The number of rotatable bonds is 7. The summed E-state index contributed by atoms with van der Waals surface area (Å²) in [6.07, 6.45) is 12.1. The number of benzene rings is 2. The number of carbonyl (C=O) groups excluding carboxylic acids is 6. The number of hydrogen-bond donors (Lipinski definition) is 3. The summed E-state index contributed by atoms with van der Waals surface area (Å²) in [6.45, 7) is 18.6. The predicted molar refractivity (Wildman–Crippen MR) is 232 cm³/mol. The molecule has 0 atom stereocenters. The summed E-state index contributed by atoms with van der Waals surface area (Å²) in [4.78, 5) is 72.4. The van der Waals surface area contributed by atoms with Gasteiger partial charge >= 0.3 is 5.97 Å². The maximum Gasteiger partial charge on any atom is 0.316 e. The number of nitrogens with one attached hydrogen (secondary N) is 2. The lowest BCUT2D eigenvalue weighted by atomic mass is 9.79. The van der Waals surface area contributed by atoms with Crippen LogP contribution in [0.5, 0.6) is 0 Å². The largest absolute Gasteiger partial charge is 0.509 e. The number of aldehydes is 2. The lowest BCUT2D eigenvalue weighted by molar-refractivity contribution is -0.149. The molecule has 0 saturated heterocycles. The van der Waals surface area contributed by atoms with Crippen molar-refractivity contribution in [2.24, 2.45) is 10.8 Å². The molecule has 0 aromatic heterocycles. The highest BCUT2D eigenvalue weighted by atomic mass is 35.5. The molecule has 2 aliphatic heterocycles. The van der Waals surface area contributed by atoms with Crippen molar-refractivity contribution < 1.29 is 38.6 Å². The number of aliphatic hydroxyl groups excluding tert-OH is 1. The van der Waals surface area contributed by atoms with E-state index in [1.54, 1.807) is 53.7 Å². The number of esters is 1. The second kappa shape index (κ2) is 18.8. The molecule has 0 radical (unpaired) electrons. The molecule has 320 valence electrons. The van der Waals surface area contributed by atoms with Crippen molar-refractivity contribution >= 4 is 58.3 Å². The lowest BCUT2D eigenvalue weighted by Crippen LogP contribution is -2.47. The molecule has 11 heteroatoms. The Bertz CT molecular complexity index is 2050. The van der Waals surface area contributed by atoms with Crippen molar-refractivity contribution in [2.45, 2.75) is 157 Å². The van der Waals surface area contributed by atoms with E-state index in [-0.39, 0.29) is 34.2 Å². The third-order valence-electron chi connectivity index (χ3n) is 11.6.